The van der Waals surface area contributed by atoms with E-state index in [9.17, 15) is 13.2 Å². The van der Waals surface area contributed by atoms with Gasteiger partial charge in [-0.1, -0.05) is 23.7 Å². The molecule has 0 aromatic heterocycles. The monoisotopic (exact) mass is 465 g/mol. The SMILES string of the molecule is COc1ccc(CN(C(=O)[C@H](C)Oc2cc(C)c(Cl)c(C)c2)[C@@H]2CCS(=O)(=O)C2)cc1. The van der Waals surface area contributed by atoms with E-state index in [4.69, 9.17) is 21.1 Å². The van der Waals surface area contributed by atoms with Crippen LogP contribution in [0.3, 0.4) is 0 Å². The molecule has 0 unspecified atom stereocenters. The highest BCUT2D eigenvalue weighted by atomic mass is 35.5. The summed E-state index contributed by atoms with van der Waals surface area (Å²) < 4.78 is 35.3. The van der Waals surface area contributed by atoms with Crippen LogP contribution in [0.15, 0.2) is 36.4 Å². The molecular formula is C23H28ClNO5S. The van der Waals surface area contributed by atoms with E-state index in [0.29, 0.717) is 23.7 Å². The van der Waals surface area contributed by atoms with Gasteiger partial charge in [-0.15, -0.1) is 0 Å². The molecule has 3 rings (SSSR count). The third-order valence-corrected chi connectivity index (χ3v) is 7.86. The first-order valence-electron chi connectivity index (χ1n) is 10.2. The van der Waals surface area contributed by atoms with Crippen molar-refractivity contribution < 1.29 is 22.7 Å². The molecule has 0 saturated carbocycles. The van der Waals surface area contributed by atoms with Gasteiger partial charge < -0.3 is 14.4 Å². The van der Waals surface area contributed by atoms with Gasteiger partial charge in [-0.3, -0.25) is 4.79 Å². The Balaban J connectivity index is 1.82. The van der Waals surface area contributed by atoms with Crippen LogP contribution in [0, 0.1) is 13.8 Å². The number of methoxy groups -OCH3 is 1. The Bertz CT molecular complexity index is 1030. The zero-order valence-electron chi connectivity index (χ0n) is 18.2. The number of aryl methyl sites for hydroxylation is 2. The number of sulfone groups is 1. The largest absolute Gasteiger partial charge is 0.497 e. The first-order valence-corrected chi connectivity index (χ1v) is 12.4. The molecule has 1 aliphatic heterocycles. The van der Waals surface area contributed by atoms with E-state index in [2.05, 4.69) is 0 Å². The topological polar surface area (TPSA) is 72.9 Å². The first-order chi connectivity index (χ1) is 14.6. The fourth-order valence-corrected chi connectivity index (χ4v) is 5.64. The Hall–Kier alpha value is -2.25. The van der Waals surface area contributed by atoms with Crippen LogP contribution in [-0.2, 0) is 21.2 Å². The number of nitrogens with zero attached hydrogens (tertiary/aromatic N) is 1. The predicted octanol–water partition coefficient (Wildman–Crippen LogP) is 3.95. The summed E-state index contributed by atoms with van der Waals surface area (Å²) >= 11 is 6.23. The second-order valence-electron chi connectivity index (χ2n) is 8.00. The smallest absolute Gasteiger partial charge is 0.263 e. The lowest BCUT2D eigenvalue weighted by atomic mass is 10.1. The highest BCUT2D eigenvalue weighted by Gasteiger charge is 2.36. The Morgan fingerprint density at radius 2 is 1.77 bits per heavy atom. The van der Waals surface area contributed by atoms with Gasteiger partial charge >= 0.3 is 0 Å². The lowest BCUT2D eigenvalue weighted by Crippen LogP contribution is -2.46. The molecule has 168 valence electrons. The molecule has 1 heterocycles. The summed E-state index contributed by atoms with van der Waals surface area (Å²) in [6, 6.07) is 10.6. The number of halogens is 1. The third kappa shape index (κ3) is 5.71. The number of hydrogen-bond donors (Lipinski definition) is 0. The van der Waals surface area contributed by atoms with Crippen LogP contribution < -0.4 is 9.47 Å². The molecule has 1 amide bonds. The van der Waals surface area contributed by atoms with E-state index in [0.717, 1.165) is 22.4 Å². The molecular weight excluding hydrogens is 438 g/mol. The molecule has 2 atom stereocenters. The molecule has 2 aromatic carbocycles. The minimum atomic E-state index is -3.15. The number of rotatable bonds is 7. The predicted molar refractivity (Wildman–Crippen MR) is 122 cm³/mol. The zero-order valence-corrected chi connectivity index (χ0v) is 19.8. The fourth-order valence-electron chi connectivity index (χ4n) is 3.80. The van der Waals surface area contributed by atoms with Crippen LogP contribution in [0.2, 0.25) is 5.02 Å². The van der Waals surface area contributed by atoms with Crippen LogP contribution in [0.1, 0.15) is 30.0 Å². The van der Waals surface area contributed by atoms with E-state index >= 15 is 0 Å². The standard InChI is InChI=1S/C23H28ClNO5S/c1-15-11-21(12-16(2)22(15)24)30-17(3)23(26)25(19-9-10-31(27,28)14-19)13-18-5-7-20(29-4)8-6-18/h5-8,11-12,17,19H,9-10,13-14H2,1-4H3/t17-,19+/m0/s1. The number of carbonyl (C=O) groups is 1. The maximum Gasteiger partial charge on any atom is 0.263 e. The molecule has 6 nitrogen and oxygen atoms in total. The van der Waals surface area contributed by atoms with Gasteiger partial charge in [-0.2, -0.15) is 0 Å². The molecule has 31 heavy (non-hydrogen) atoms. The van der Waals surface area contributed by atoms with Crippen molar-refractivity contribution in [2.24, 2.45) is 0 Å². The lowest BCUT2D eigenvalue weighted by molar-refractivity contribution is -0.140. The van der Waals surface area contributed by atoms with E-state index in [1.165, 1.54) is 0 Å². The fraction of sp³-hybridized carbons (Fsp3) is 0.435. The average Bonchev–Trinajstić information content (AvgIpc) is 3.09. The van der Waals surface area contributed by atoms with Crippen LogP contribution >= 0.6 is 11.6 Å². The van der Waals surface area contributed by atoms with Crippen molar-refractivity contribution >= 4 is 27.3 Å². The van der Waals surface area contributed by atoms with Gasteiger partial charge in [0.1, 0.15) is 11.5 Å². The van der Waals surface area contributed by atoms with Gasteiger partial charge in [0.25, 0.3) is 5.91 Å². The van der Waals surface area contributed by atoms with Crippen molar-refractivity contribution in [3.8, 4) is 11.5 Å². The Labute approximate surface area is 189 Å². The van der Waals surface area contributed by atoms with Crippen molar-refractivity contribution in [3.63, 3.8) is 0 Å². The van der Waals surface area contributed by atoms with Crippen molar-refractivity contribution in [1.29, 1.82) is 0 Å². The van der Waals surface area contributed by atoms with Crippen LogP contribution in [0.25, 0.3) is 0 Å². The molecule has 0 aliphatic carbocycles. The van der Waals surface area contributed by atoms with Gasteiger partial charge in [0.05, 0.1) is 18.6 Å². The number of hydrogen-bond acceptors (Lipinski definition) is 5. The molecule has 2 aromatic rings. The molecule has 1 fully saturated rings. The summed E-state index contributed by atoms with van der Waals surface area (Å²) in [5.74, 6) is 1.09. The molecule has 0 radical (unpaired) electrons. The van der Waals surface area contributed by atoms with E-state index in [1.807, 2.05) is 38.1 Å². The van der Waals surface area contributed by atoms with Crippen LogP contribution in [-0.4, -0.2) is 50.0 Å². The van der Waals surface area contributed by atoms with Gasteiger partial charge in [0.15, 0.2) is 15.9 Å². The highest BCUT2D eigenvalue weighted by molar-refractivity contribution is 7.91. The summed E-state index contributed by atoms with van der Waals surface area (Å²) in [6.07, 6.45) is -0.350. The van der Waals surface area contributed by atoms with Gasteiger partial charge in [-0.05, 0) is 68.1 Å². The maximum atomic E-state index is 13.4. The number of benzene rings is 2. The normalized spacial score (nSPS) is 18.4. The van der Waals surface area contributed by atoms with Crippen LogP contribution in [0.5, 0.6) is 11.5 Å². The Kier molecular flexibility index (Phi) is 7.17. The molecule has 0 bridgehead atoms. The second-order valence-corrected chi connectivity index (χ2v) is 10.6. The third-order valence-electron chi connectivity index (χ3n) is 5.51. The molecule has 8 heteroatoms. The van der Waals surface area contributed by atoms with Crippen LogP contribution in [0.4, 0.5) is 0 Å². The zero-order chi connectivity index (χ0) is 22.8. The minimum Gasteiger partial charge on any atom is -0.497 e. The number of ether oxygens (including phenoxy) is 2. The number of carbonyl (C=O) groups excluding carboxylic acids is 1. The second kappa shape index (κ2) is 9.49. The molecule has 1 saturated heterocycles. The van der Waals surface area contributed by atoms with E-state index in [1.54, 1.807) is 31.1 Å². The quantitative estimate of drug-likeness (QED) is 0.619. The summed E-state index contributed by atoms with van der Waals surface area (Å²) in [5.41, 5.74) is 2.63. The lowest BCUT2D eigenvalue weighted by Gasteiger charge is -2.31. The Morgan fingerprint density at radius 1 is 1.16 bits per heavy atom. The molecule has 1 aliphatic rings. The van der Waals surface area contributed by atoms with Crippen molar-refractivity contribution in [1.82, 2.24) is 4.90 Å². The van der Waals surface area contributed by atoms with Crippen molar-refractivity contribution in [2.75, 3.05) is 18.6 Å². The first kappa shape index (κ1) is 23.4. The summed E-state index contributed by atoms with van der Waals surface area (Å²) in [4.78, 5) is 15.0. The minimum absolute atomic E-state index is 0.0270. The Morgan fingerprint density at radius 3 is 2.29 bits per heavy atom. The summed E-state index contributed by atoms with van der Waals surface area (Å²) in [6.45, 7) is 5.75. The van der Waals surface area contributed by atoms with Gasteiger partial charge in [0.2, 0.25) is 0 Å². The van der Waals surface area contributed by atoms with E-state index < -0.39 is 15.9 Å². The van der Waals surface area contributed by atoms with Gasteiger partial charge in [-0.25, -0.2) is 8.42 Å². The summed E-state index contributed by atoms with van der Waals surface area (Å²) in [7, 11) is -1.56. The maximum absolute atomic E-state index is 13.4. The molecule has 0 N–H and O–H groups in total. The van der Waals surface area contributed by atoms with Crippen molar-refractivity contribution in [3.05, 3.63) is 58.1 Å². The summed E-state index contributed by atoms with van der Waals surface area (Å²) in [5, 5.41) is 0.670. The van der Waals surface area contributed by atoms with E-state index in [-0.39, 0.29) is 23.5 Å². The van der Waals surface area contributed by atoms with Crippen molar-refractivity contribution in [2.45, 2.75) is 45.9 Å². The molecule has 0 spiro atoms. The average molecular weight is 466 g/mol. The number of amides is 1. The highest BCUT2D eigenvalue weighted by Crippen LogP contribution is 2.28. The van der Waals surface area contributed by atoms with Gasteiger partial charge in [0, 0.05) is 17.6 Å².